The van der Waals surface area contributed by atoms with Crippen molar-refractivity contribution in [2.45, 2.75) is 6.92 Å². The Morgan fingerprint density at radius 3 is 2.75 bits per heavy atom. The summed E-state index contributed by atoms with van der Waals surface area (Å²) in [5.41, 5.74) is 2.49. The second-order valence-corrected chi connectivity index (χ2v) is 5.86. The molecule has 0 aliphatic carbocycles. The van der Waals surface area contributed by atoms with Crippen LogP contribution >= 0.6 is 11.6 Å². The third-order valence-corrected chi connectivity index (χ3v) is 4.12. The van der Waals surface area contributed by atoms with Gasteiger partial charge in [-0.3, -0.25) is 4.79 Å². The Bertz CT molecular complexity index is 952. The van der Waals surface area contributed by atoms with E-state index in [0.717, 1.165) is 5.69 Å². The third-order valence-electron chi connectivity index (χ3n) is 3.81. The van der Waals surface area contributed by atoms with Gasteiger partial charge in [-0.1, -0.05) is 17.7 Å². The highest BCUT2D eigenvalue weighted by Crippen LogP contribution is 2.38. The minimum absolute atomic E-state index is 0.315. The molecule has 0 fully saturated rings. The van der Waals surface area contributed by atoms with Crippen LogP contribution in [0.4, 0.5) is 5.69 Å². The standard InChI is InChI=1S/C17H14ClN3O3/c1-10-3-2-4-16-19-13(9-21(10)16)17(22)20-12-8-15-14(7-11(12)18)23-5-6-24-15/h2-4,7-9H,5-6H2,1H3,(H,20,22). The molecule has 7 heteroatoms. The van der Waals surface area contributed by atoms with Crippen molar-refractivity contribution in [2.24, 2.45) is 0 Å². The molecule has 0 atom stereocenters. The van der Waals surface area contributed by atoms with Gasteiger partial charge in [0.2, 0.25) is 0 Å². The van der Waals surface area contributed by atoms with Gasteiger partial charge in [0.1, 0.15) is 24.6 Å². The molecule has 3 heterocycles. The van der Waals surface area contributed by atoms with Crippen molar-refractivity contribution in [3.63, 3.8) is 0 Å². The number of pyridine rings is 1. The van der Waals surface area contributed by atoms with Crippen molar-refractivity contribution in [1.82, 2.24) is 9.38 Å². The van der Waals surface area contributed by atoms with Crippen LogP contribution in [-0.4, -0.2) is 28.5 Å². The van der Waals surface area contributed by atoms with Crippen molar-refractivity contribution < 1.29 is 14.3 Å². The maximum Gasteiger partial charge on any atom is 0.275 e. The van der Waals surface area contributed by atoms with Gasteiger partial charge < -0.3 is 19.2 Å². The van der Waals surface area contributed by atoms with Crippen molar-refractivity contribution in [2.75, 3.05) is 18.5 Å². The molecular weight excluding hydrogens is 330 g/mol. The van der Waals surface area contributed by atoms with E-state index in [0.29, 0.717) is 46.8 Å². The maximum absolute atomic E-state index is 12.5. The first-order valence-corrected chi connectivity index (χ1v) is 7.85. The summed E-state index contributed by atoms with van der Waals surface area (Å²) in [5.74, 6) is 0.802. The van der Waals surface area contributed by atoms with Crippen LogP contribution in [0.3, 0.4) is 0 Å². The number of carbonyl (C=O) groups excluding carboxylic acids is 1. The fraction of sp³-hybridized carbons (Fsp3) is 0.176. The van der Waals surface area contributed by atoms with Crippen LogP contribution < -0.4 is 14.8 Å². The van der Waals surface area contributed by atoms with Crippen LogP contribution in [0.2, 0.25) is 5.02 Å². The highest BCUT2D eigenvalue weighted by Gasteiger charge is 2.18. The van der Waals surface area contributed by atoms with Gasteiger partial charge >= 0.3 is 0 Å². The van der Waals surface area contributed by atoms with Crippen molar-refractivity contribution >= 4 is 28.8 Å². The number of hydrogen-bond acceptors (Lipinski definition) is 4. The van der Waals surface area contributed by atoms with E-state index in [1.54, 1.807) is 18.3 Å². The molecule has 1 aliphatic heterocycles. The molecule has 1 N–H and O–H groups in total. The van der Waals surface area contributed by atoms with Gasteiger partial charge in [-0.15, -0.1) is 0 Å². The maximum atomic E-state index is 12.5. The average molecular weight is 344 g/mol. The number of nitrogens with one attached hydrogen (secondary N) is 1. The van der Waals surface area contributed by atoms with Crippen LogP contribution in [-0.2, 0) is 0 Å². The Labute approximate surface area is 143 Å². The predicted octanol–water partition coefficient (Wildman–Crippen LogP) is 3.32. The van der Waals surface area contributed by atoms with Crippen LogP contribution in [0.5, 0.6) is 11.5 Å². The van der Waals surface area contributed by atoms with E-state index in [9.17, 15) is 4.79 Å². The summed E-state index contributed by atoms with van der Waals surface area (Å²) in [6, 6.07) is 9.00. The fourth-order valence-corrected chi connectivity index (χ4v) is 2.80. The summed E-state index contributed by atoms with van der Waals surface area (Å²) in [6.07, 6.45) is 1.70. The Hall–Kier alpha value is -2.73. The number of halogens is 1. The molecule has 24 heavy (non-hydrogen) atoms. The van der Waals surface area contributed by atoms with Gasteiger partial charge in [0, 0.05) is 24.0 Å². The summed E-state index contributed by atoms with van der Waals surface area (Å²) in [5, 5.41) is 3.16. The lowest BCUT2D eigenvalue weighted by molar-refractivity contribution is 0.102. The number of benzene rings is 1. The highest BCUT2D eigenvalue weighted by molar-refractivity contribution is 6.34. The number of aryl methyl sites for hydroxylation is 1. The van der Waals surface area contributed by atoms with E-state index in [-0.39, 0.29) is 5.91 Å². The number of ether oxygens (including phenoxy) is 2. The molecule has 3 aromatic rings. The molecule has 0 saturated heterocycles. The Morgan fingerprint density at radius 1 is 1.25 bits per heavy atom. The SMILES string of the molecule is Cc1cccc2nc(C(=O)Nc3cc4c(cc3Cl)OCCO4)cn12. The van der Waals surface area contributed by atoms with E-state index in [2.05, 4.69) is 10.3 Å². The molecule has 122 valence electrons. The Morgan fingerprint density at radius 2 is 2.00 bits per heavy atom. The molecule has 0 radical (unpaired) electrons. The molecule has 1 amide bonds. The summed E-state index contributed by atoms with van der Waals surface area (Å²) in [7, 11) is 0. The number of fused-ring (bicyclic) bond motifs is 2. The largest absolute Gasteiger partial charge is 0.486 e. The van der Waals surface area contributed by atoms with E-state index >= 15 is 0 Å². The normalized spacial score (nSPS) is 13.1. The summed E-state index contributed by atoms with van der Waals surface area (Å²) < 4.78 is 12.8. The zero-order valence-electron chi connectivity index (χ0n) is 12.9. The van der Waals surface area contributed by atoms with Crippen molar-refractivity contribution in [1.29, 1.82) is 0 Å². The number of hydrogen-bond donors (Lipinski definition) is 1. The number of aromatic nitrogens is 2. The molecule has 0 spiro atoms. The number of nitrogens with zero attached hydrogens (tertiary/aromatic N) is 2. The molecule has 1 aromatic carbocycles. The second kappa shape index (κ2) is 5.72. The minimum Gasteiger partial charge on any atom is -0.486 e. The zero-order chi connectivity index (χ0) is 16.7. The predicted molar refractivity (Wildman–Crippen MR) is 90.3 cm³/mol. The van der Waals surface area contributed by atoms with Crippen LogP contribution in [0.1, 0.15) is 16.2 Å². The molecule has 0 unspecified atom stereocenters. The van der Waals surface area contributed by atoms with E-state index in [4.69, 9.17) is 21.1 Å². The van der Waals surface area contributed by atoms with E-state index < -0.39 is 0 Å². The number of rotatable bonds is 2. The number of carbonyl (C=O) groups is 1. The highest BCUT2D eigenvalue weighted by atomic mass is 35.5. The van der Waals surface area contributed by atoms with Gasteiger partial charge in [-0.25, -0.2) is 4.98 Å². The monoisotopic (exact) mass is 343 g/mol. The summed E-state index contributed by atoms with van der Waals surface area (Å²) in [6.45, 7) is 2.90. The molecule has 4 rings (SSSR count). The van der Waals surface area contributed by atoms with Gasteiger partial charge in [-0.05, 0) is 19.1 Å². The molecule has 6 nitrogen and oxygen atoms in total. The third kappa shape index (κ3) is 2.55. The van der Waals surface area contributed by atoms with Crippen molar-refractivity contribution in [3.8, 4) is 11.5 Å². The number of amides is 1. The zero-order valence-corrected chi connectivity index (χ0v) is 13.6. The average Bonchev–Trinajstić information content (AvgIpc) is 3.01. The topological polar surface area (TPSA) is 64.9 Å². The minimum atomic E-state index is -0.336. The second-order valence-electron chi connectivity index (χ2n) is 5.45. The van der Waals surface area contributed by atoms with Gasteiger partial charge in [0.25, 0.3) is 5.91 Å². The summed E-state index contributed by atoms with van der Waals surface area (Å²) >= 11 is 6.22. The lowest BCUT2D eigenvalue weighted by atomic mass is 10.2. The van der Waals surface area contributed by atoms with Crippen LogP contribution in [0.15, 0.2) is 36.5 Å². The quantitative estimate of drug-likeness (QED) is 0.775. The Balaban J connectivity index is 1.64. The van der Waals surface area contributed by atoms with Gasteiger partial charge in [-0.2, -0.15) is 0 Å². The smallest absolute Gasteiger partial charge is 0.275 e. The van der Waals surface area contributed by atoms with Gasteiger partial charge in [0.05, 0.1) is 10.7 Å². The molecule has 2 aromatic heterocycles. The molecule has 1 aliphatic rings. The van der Waals surface area contributed by atoms with Crippen LogP contribution in [0.25, 0.3) is 5.65 Å². The summed E-state index contributed by atoms with van der Waals surface area (Å²) in [4.78, 5) is 16.8. The van der Waals surface area contributed by atoms with Crippen molar-refractivity contribution in [3.05, 3.63) is 52.9 Å². The molecular formula is C17H14ClN3O3. The number of anilines is 1. The van der Waals surface area contributed by atoms with E-state index in [1.807, 2.05) is 29.5 Å². The molecule has 0 saturated carbocycles. The lowest BCUT2D eigenvalue weighted by Crippen LogP contribution is -2.17. The Kier molecular flexibility index (Phi) is 3.54. The van der Waals surface area contributed by atoms with E-state index in [1.165, 1.54) is 0 Å². The fourth-order valence-electron chi connectivity index (χ4n) is 2.60. The number of imidazole rings is 1. The first-order valence-electron chi connectivity index (χ1n) is 7.47. The first-order chi connectivity index (χ1) is 11.6. The lowest BCUT2D eigenvalue weighted by Gasteiger charge is -2.19. The first kappa shape index (κ1) is 14.8. The van der Waals surface area contributed by atoms with Gasteiger partial charge in [0.15, 0.2) is 11.5 Å². The van der Waals surface area contributed by atoms with Crippen LogP contribution in [0, 0.1) is 6.92 Å². The molecule has 0 bridgehead atoms.